The van der Waals surface area contributed by atoms with Gasteiger partial charge in [-0.15, -0.1) is 0 Å². The van der Waals surface area contributed by atoms with Crippen LogP contribution in [-0.4, -0.2) is 22.4 Å². The number of aryl methyl sites for hydroxylation is 2. The van der Waals surface area contributed by atoms with E-state index in [1.54, 1.807) is 0 Å². The van der Waals surface area contributed by atoms with Gasteiger partial charge >= 0.3 is 0 Å². The minimum absolute atomic E-state index is 0.488. The van der Waals surface area contributed by atoms with Crippen molar-refractivity contribution >= 4 is 0 Å². The van der Waals surface area contributed by atoms with E-state index in [1.807, 2.05) is 10.9 Å². The van der Waals surface area contributed by atoms with Crippen LogP contribution in [0.1, 0.15) is 43.4 Å². The van der Waals surface area contributed by atoms with Gasteiger partial charge in [0, 0.05) is 31.2 Å². The van der Waals surface area contributed by atoms with Gasteiger partial charge in [-0.05, 0) is 31.4 Å². The molecule has 0 fully saturated rings. The lowest BCUT2D eigenvalue weighted by Gasteiger charge is -2.19. The Balaban J connectivity index is 2.15. The zero-order valence-electron chi connectivity index (χ0n) is 13.6. The highest BCUT2D eigenvalue weighted by molar-refractivity contribution is 5.27. The molecule has 1 N–H and O–H groups in total. The predicted molar refractivity (Wildman–Crippen MR) is 88.7 cm³/mol. The van der Waals surface area contributed by atoms with E-state index in [0.29, 0.717) is 12.0 Å². The molecule has 2 aromatic rings. The standard InChI is InChI=1S/C18H27N3/c1-5-21-13-16(11-20-21)10-18(12-19-14(2)3)17-8-6-7-15(4)9-17/h6-9,11,13-14,18-19H,5,10,12H2,1-4H3. The van der Waals surface area contributed by atoms with Crippen molar-refractivity contribution in [2.75, 3.05) is 6.54 Å². The maximum absolute atomic E-state index is 4.39. The average Bonchev–Trinajstić information content (AvgIpc) is 2.91. The molecule has 1 heterocycles. The summed E-state index contributed by atoms with van der Waals surface area (Å²) < 4.78 is 2.00. The number of hydrogen-bond donors (Lipinski definition) is 1. The van der Waals surface area contributed by atoms with Crippen molar-refractivity contribution in [2.45, 2.75) is 52.6 Å². The van der Waals surface area contributed by atoms with E-state index in [0.717, 1.165) is 19.5 Å². The summed E-state index contributed by atoms with van der Waals surface area (Å²) in [6.07, 6.45) is 5.20. The first-order chi connectivity index (χ1) is 10.1. The van der Waals surface area contributed by atoms with Crippen LogP contribution in [0.15, 0.2) is 36.7 Å². The maximum Gasteiger partial charge on any atom is 0.0521 e. The molecule has 0 spiro atoms. The zero-order valence-corrected chi connectivity index (χ0v) is 13.6. The second-order valence-electron chi connectivity index (χ2n) is 6.08. The van der Waals surface area contributed by atoms with Gasteiger partial charge in [0.1, 0.15) is 0 Å². The summed E-state index contributed by atoms with van der Waals surface area (Å²) in [5.41, 5.74) is 4.05. The van der Waals surface area contributed by atoms with Crippen molar-refractivity contribution in [3.8, 4) is 0 Å². The fourth-order valence-electron chi connectivity index (χ4n) is 2.58. The molecule has 0 bridgehead atoms. The Morgan fingerprint density at radius 2 is 2.10 bits per heavy atom. The first-order valence-electron chi connectivity index (χ1n) is 7.89. The van der Waals surface area contributed by atoms with Gasteiger partial charge in [0.25, 0.3) is 0 Å². The van der Waals surface area contributed by atoms with Crippen molar-refractivity contribution in [2.24, 2.45) is 0 Å². The van der Waals surface area contributed by atoms with E-state index >= 15 is 0 Å². The molecule has 0 aliphatic carbocycles. The number of nitrogens with one attached hydrogen (secondary N) is 1. The van der Waals surface area contributed by atoms with Gasteiger partial charge in [0.15, 0.2) is 0 Å². The molecular formula is C18H27N3. The topological polar surface area (TPSA) is 29.9 Å². The van der Waals surface area contributed by atoms with Crippen LogP contribution >= 0.6 is 0 Å². The Hall–Kier alpha value is -1.61. The highest BCUT2D eigenvalue weighted by atomic mass is 15.3. The molecule has 0 radical (unpaired) electrons. The van der Waals surface area contributed by atoms with E-state index in [1.165, 1.54) is 16.7 Å². The van der Waals surface area contributed by atoms with Crippen LogP contribution in [0.25, 0.3) is 0 Å². The minimum Gasteiger partial charge on any atom is -0.314 e. The lowest BCUT2D eigenvalue weighted by atomic mass is 9.92. The van der Waals surface area contributed by atoms with Crippen LogP contribution in [0.2, 0.25) is 0 Å². The van der Waals surface area contributed by atoms with Crippen molar-refractivity contribution in [1.82, 2.24) is 15.1 Å². The molecule has 1 aromatic heterocycles. The number of benzene rings is 1. The second-order valence-corrected chi connectivity index (χ2v) is 6.08. The van der Waals surface area contributed by atoms with Gasteiger partial charge in [-0.25, -0.2) is 0 Å². The number of hydrogen-bond acceptors (Lipinski definition) is 2. The first-order valence-corrected chi connectivity index (χ1v) is 7.89. The Morgan fingerprint density at radius 3 is 2.71 bits per heavy atom. The molecule has 1 unspecified atom stereocenters. The van der Waals surface area contributed by atoms with Crippen LogP contribution in [-0.2, 0) is 13.0 Å². The summed E-state index contributed by atoms with van der Waals surface area (Å²) in [4.78, 5) is 0. The highest BCUT2D eigenvalue weighted by Crippen LogP contribution is 2.21. The van der Waals surface area contributed by atoms with E-state index in [2.05, 4.69) is 68.6 Å². The molecule has 0 aliphatic heterocycles. The van der Waals surface area contributed by atoms with E-state index in [9.17, 15) is 0 Å². The molecular weight excluding hydrogens is 258 g/mol. The van der Waals surface area contributed by atoms with E-state index < -0.39 is 0 Å². The fourth-order valence-corrected chi connectivity index (χ4v) is 2.58. The molecule has 1 atom stereocenters. The largest absolute Gasteiger partial charge is 0.314 e. The third-order valence-corrected chi connectivity index (χ3v) is 3.78. The van der Waals surface area contributed by atoms with E-state index in [-0.39, 0.29) is 0 Å². The smallest absolute Gasteiger partial charge is 0.0521 e. The quantitative estimate of drug-likeness (QED) is 0.843. The van der Waals surface area contributed by atoms with Gasteiger partial charge in [-0.3, -0.25) is 4.68 Å². The third kappa shape index (κ3) is 4.71. The predicted octanol–water partition coefficient (Wildman–Crippen LogP) is 3.54. The lowest BCUT2D eigenvalue weighted by Crippen LogP contribution is -2.29. The van der Waals surface area contributed by atoms with Crippen molar-refractivity contribution < 1.29 is 0 Å². The molecule has 1 aromatic carbocycles. The van der Waals surface area contributed by atoms with E-state index in [4.69, 9.17) is 0 Å². The molecule has 0 amide bonds. The normalized spacial score (nSPS) is 12.8. The molecule has 2 rings (SSSR count). The molecule has 21 heavy (non-hydrogen) atoms. The van der Waals surface area contributed by atoms with Crippen LogP contribution in [0.4, 0.5) is 0 Å². The van der Waals surface area contributed by atoms with Crippen molar-refractivity contribution in [3.63, 3.8) is 0 Å². The summed E-state index contributed by atoms with van der Waals surface area (Å²) in [6, 6.07) is 9.37. The highest BCUT2D eigenvalue weighted by Gasteiger charge is 2.14. The van der Waals surface area contributed by atoms with Crippen LogP contribution in [0.5, 0.6) is 0 Å². The molecule has 114 valence electrons. The third-order valence-electron chi connectivity index (χ3n) is 3.78. The lowest BCUT2D eigenvalue weighted by molar-refractivity contribution is 0.526. The Kier molecular flexibility index (Phi) is 5.57. The Bertz CT molecular complexity index is 557. The molecule has 0 saturated carbocycles. The number of aromatic nitrogens is 2. The van der Waals surface area contributed by atoms with Crippen LogP contribution in [0, 0.1) is 6.92 Å². The number of nitrogens with zero attached hydrogens (tertiary/aromatic N) is 2. The summed E-state index contributed by atoms with van der Waals surface area (Å²) >= 11 is 0. The fraction of sp³-hybridized carbons (Fsp3) is 0.500. The molecule has 0 saturated heterocycles. The molecule has 3 nitrogen and oxygen atoms in total. The minimum atomic E-state index is 0.488. The van der Waals surface area contributed by atoms with Gasteiger partial charge < -0.3 is 5.32 Å². The Morgan fingerprint density at radius 1 is 1.29 bits per heavy atom. The molecule has 3 heteroatoms. The average molecular weight is 285 g/mol. The summed E-state index contributed by atoms with van der Waals surface area (Å²) in [6.45, 7) is 10.6. The number of rotatable bonds is 7. The van der Waals surface area contributed by atoms with Crippen LogP contribution in [0.3, 0.4) is 0 Å². The monoisotopic (exact) mass is 285 g/mol. The maximum atomic E-state index is 4.39. The summed E-state index contributed by atoms with van der Waals surface area (Å²) in [5, 5.41) is 7.97. The van der Waals surface area contributed by atoms with Gasteiger partial charge in [0.2, 0.25) is 0 Å². The first kappa shape index (κ1) is 15.8. The molecule has 0 aliphatic rings. The van der Waals surface area contributed by atoms with Crippen molar-refractivity contribution in [1.29, 1.82) is 0 Å². The summed E-state index contributed by atoms with van der Waals surface area (Å²) in [7, 11) is 0. The second kappa shape index (κ2) is 7.41. The Labute approximate surface area is 128 Å². The zero-order chi connectivity index (χ0) is 15.2. The van der Waals surface area contributed by atoms with Crippen molar-refractivity contribution in [3.05, 3.63) is 53.3 Å². The van der Waals surface area contributed by atoms with Gasteiger partial charge in [-0.2, -0.15) is 5.10 Å². The van der Waals surface area contributed by atoms with Gasteiger partial charge in [0.05, 0.1) is 6.20 Å². The SMILES string of the molecule is CCn1cc(CC(CNC(C)C)c2cccc(C)c2)cn1. The summed E-state index contributed by atoms with van der Waals surface area (Å²) in [5.74, 6) is 0.488. The van der Waals surface area contributed by atoms with Gasteiger partial charge in [-0.1, -0.05) is 43.7 Å². The van der Waals surface area contributed by atoms with Crippen LogP contribution < -0.4 is 5.32 Å².